The first kappa shape index (κ1) is 18.5. The number of fused-ring (bicyclic) bond motifs is 1. The van der Waals surface area contributed by atoms with Crippen molar-refractivity contribution in [2.75, 3.05) is 18.9 Å². The van der Waals surface area contributed by atoms with E-state index in [-0.39, 0.29) is 11.2 Å². The summed E-state index contributed by atoms with van der Waals surface area (Å²) in [6, 6.07) is 10.7. The van der Waals surface area contributed by atoms with Crippen molar-refractivity contribution in [3.63, 3.8) is 0 Å². The number of amides is 1. The van der Waals surface area contributed by atoms with Crippen LogP contribution in [0.2, 0.25) is 0 Å². The van der Waals surface area contributed by atoms with Crippen molar-refractivity contribution in [1.82, 2.24) is 19.9 Å². The molecule has 0 atom stereocenters. The number of ether oxygens (including phenoxy) is 1. The van der Waals surface area contributed by atoms with Gasteiger partial charge in [-0.1, -0.05) is 18.2 Å². The van der Waals surface area contributed by atoms with E-state index in [0.717, 1.165) is 5.75 Å². The molecule has 10 heteroatoms. The summed E-state index contributed by atoms with van der Waals surface area (Å²) in [5, 5.41) is 14.3. The van der Waals surface area contributed by atoms with Crippen LogP contribution in [-0.4, -0.2) is 50.5 Å². The summed E-state index contributed by atoms with van der Waals surface area (Å²) in [7, 11) is 0. The van der Waals surface area contributed by atoms with Crippen LogP contribution in [0.1, 0.15) is 10.4 Å². The number of aromatic nitrogens is 3. The largest absolute Gasteiger partial charge is 0.493 e. The number of para-hydroxylation sites is 1. The molecular weight excluding hydrogens is 372 g/mol. The summed E-state index contributed by atoms with van der Waals surface area (Å²) >= 11 is 1.37. The van der Waals surface area contributed by atoms with E-state index in [2.05, 4.69) is 15.4 Å². The molecule has 0 aliphatic rings. The van der Waals surface area contributed by atoms with Crippen LogP contribution >= 0.6 is 11.8 Å². The lowest BCUT2D eigenvalue weighted by Crippen LogP contribution is -2.33. The second-order valence-corrected chi connectivity index (χ2v) is 6.47. The fourth-order valence-electron chi connectivity index (χ4n) is 2.36. The minimum atomic E-state index is -1.20. The summed E-state index contributed by atoms with van der Waals surface area (Å²) in [6.45, 7) is -0.151. The van der Waals surface area contributed by atoms with Crippen molar-refractivity contribution < 1.29 is 19.4 Å². The molecule has 0 saturated heterocycles. The number of aromatic amines is 1. The third-order valence-electron chi connectivity index (χ3n) is 3.50. The van der Waals surface area contributed by atoms with E-state index >= 15 is 0 Å². The molecule has 1 amide bonds. The minimum absolute atomic E-state index is 0.136. The van der Waals surface area contributed by atoms with Crippen LogP contribution in [0.4, 0.5) is 0 Å². The molecule has 0 fully saturated rings. The first-order valence-corrected chi connectivity index (χ1v) is 8.94. The number of hydrogen-bond acceptors (Lipinski definition) is 6. The van der Waals surface area contributed by atoms with Gasteiger partial charge in [-0.3, -0.25) is 19.5 Å². The monoisotopic (exact) mass is 388 g/mol. The average Bonchev–Trinajstić information content (AvgIpc) is 3.13. The lowest BCUT2D eigenvalue weighted by Gasteiger charge is -2.09. The van der Waals surface area contributed by atoms with Crippen LogP contribution in [-0.2, 0) is 4.79 Å². The van der Waals surface area contributed by atoms with Gasteiger partial charge in [0.15, 0.2) is 11.1 Å². The van der Waals surface area contributed by atoms with Gasteiger partial charge in [0.05, 0.1) is 6.61 Å². The summed E-state index contributed by atoms with van der Waals surface area (Å²) in [5.74, 6) is -0.657. The molecule has 0 aliphatic carbocycles. The third kappa shape index (κ3) is 4.47. The molecule has 3 aromatic rings. The van der Waals surface area contributed by atoms with Crippen LogP contribution < -0.4 is 15.5 Å². The standard InChI is InChI=1S/C17H16N4O5S/c22-12-8-13(27-7-6-26-11-4-2-1-3-5-11)21-16(19-10-20-21)15(12)17(25)18-9-14(23)24/h1-5,8,10H,6-7,9H2,(H,18,25)(H,19,20)(H,23,24). The van der Waals surface area contributed by atoms with Gasteiger partial charge in [-0.2, -0.15) is 0 Å². The lowest BCUT2D eigenvalue weighted by atomic mass is 10.2. The number of carbonyl (C=O) groups is 2. The van der Waals surface area contributed by atoms with E-state index in [1.807, 2.05) is 30.3 Å². The molecule has 0 aliphatic heterocycles. The number of rotatable bonds is 8. The highest BCUT2D eigenvalue weighted by Crippen LogP contribution is 2.19. The van der Waals surface area contributed by atoms with Crippen molar-refractivity contribution in [3.8, 4) is 5.75 Å². The van der Waals surface area contributed by atoms with Gasteiger partial charge in [0, 0.05) is 11.8 Å². The number of thioether (sulfide) groups is 1. The Hall–Kier alpha value is -3.27. The Morgan fingerprint density at radius 1 is 1.30 bits per heavy atom. The van der Waals surface area contributed by atoms with E-state index in [1.165, 1.54) is 28.7 Å². The number of aliphatic carboxylic acids is 1. The van der Waals surface area contributed by atoms with E-state index in [0.29, 0.717) is 17.4 Å². The fourth-order valence-corrected chi connectivity index (χ4v) is 3.19. The SMILES string of the molecule is O=C(O)CNC(=O)c1c(=O)cc(SCCOc2ccccc2)n2[nH]cnc12. The van der Waals surface area contributed by atoms with Crippen LogP contribution in [0.5, 0.6) is 5.75 Å². The first-order valence-electron chi connectivity index (χ1n) is 7.96. The number of pyridine rings is 1. The Morgan fingerprint density at radius 3 is 2.81 bits per heavy atom. The number of carboxylic acids is 1. The zero-order valence-corrected chi connectivity index (χ0v) is 14.9. The second kappa shape index (κ2) is 8.41. The lowest BCUT2D eigenvalue weighted by molar-refractivity contribution is -0.135. The van der Waals surface area contributed by atoms with Gasteiger partial charge < -0.3 is 15.2 Å². The van der Waals surface area contributed by atoms with Gasteiger partial charge in [0.25, 0.3) is 5.91 Å². The summed E-state index contributed by atoms with van der Waals surface area (Å²) < 4.78 is 7.12. The molecule has 0 saturated carbocycles. The number of H-pyrrole nitrogens is 1. The molecule has 2 heterocycles. The molecule has 0 spiro atoms. The molecule has 9 nitrogen and oxygen atoms in total. The van der Waals surface area contributed by atoms with E-state index in [4.69, 9.17) is 9.84 Å². The normalized spacial score (nSPS) is 10.7. The second-order valence-electron chi connectivity index (χ2n) is 5.35. The third-order valence-corrected chi connectivity index (χ3v) is 4.47. The van der Waals surface area contributed by atoms with E-state index in [9.17, 15) is 14.4 Å². The number of hydrogen-bond donors (Lipinski definition) is 3. The maximum absolute atomic E-state index is 12.4. The number of nitrogens with zero attached hydrogens (tertiary/aromatic N) is 2. The Balaban J connectivity index is 1.73. The number of benzene rings is 1. The summed E-state index contributed by atoms with van der Waals surface area (Å²) in [6.07, 6.45) is 1.35. The number of nitrogens with one attached hydrogen (secondary N) is 2. The van der Waals surface area contributed by atoms with Crippen molar-refractivity contribution in [3.05, 3.63) is 58.5 Å². The quantitative estimate of drug-likeness (QED) is 0.388. The van der Waals surface area contributed by atoms with Crippen LogP contribution in [0.3, 0.4) is 0 Å². The molecule has 140 valence electrons. The van der Waals surface area contributed by atoms with E-state index in [1.54, 1.807) is 0 Å². The summed E-state index contributed by atoms with van der Waals surface area (Å²) in [5.41, 5.74) is -0.601. The van der Waals surface area contributed by atoms with Crippen LogP contribution in [0.15, 0.2) is 52.5 Å². The van der Waals surface area contributed by atoms with Gasteiger partial charge in [0.2, 0.25) is 0 Å². The zero-order chi connectivity index (χ0) is 19.2. The highest BCUT2D eigenvalue weighted by Gasteiger charge is 2.19. The predicted molar refractivity (Wildman–Crippen MR) is 98.4 cm³/mol. The highest BCUT2D eigenvalue weighted by atomic mass is 32.2. The first-order chi connectivity index (χ1) is 13.1. The molecular formula is C17H16N4O5S. The number of carbonyl (C=O) groups excluding carboxylic acids is 1. The van der Waals surface area contributed by atoms with Gasteiger partial charge in [-0.25, -0.2) is 9.50 Å². The molecule has 3 rings (SSSR count). The minimum Gasteiger partial charge on any atom is -0.493 e. The fraction of sp³-hybridized carbons (Fsp3) is 0.176. The molecule has 0 unspecified atom stereocenters. The zero-order valence-electron chi connectivity index (χ0n) is 14.0. The van der Waals surface area contributed by atoms with Gasteiger partial charge in [0.1, 0.15) is 29.2 Å². The van der Waals surface area contributed by atoms with Gasteiger partial charge >= 0.3 is 5.97 Å². The van der Waals surface area contributed by atoms with Crippen molar-refractivity contribution >= 4 is 29.3 Å². The Morgan fingerprint density at radius 2 is 2.07 bits per heavy atom. The molecule has 0 radical (unpaired) electrons. The predicted octanol–water partition coefficient (Wildman–Crippen LogP) is 1.01. The maximum atomic E-state index is 12.4. The van der Waals surface area contributed by atoms with Gasteiger partial charge in [-0.05, 0) is 12.1 Å². The molecule has 2 aromatic heterocycles. The van der Waals surface area contributed by atoms with Crippen molar-refractivity contribution in [2.45, 2.75) is 5.03 Å². The highest BCUT2D eigenvalue weighted by molar-refractivity contribution is 7.99. The molecule has 0 bridgehead atoms. The van der Waals surface area contributed by atoms with Gasteiger partial charge in [-0.15, -0.1) is 11.8 Å². The Bertz CT molecular complexity index is 1020. The topological polar surface area (TPSA) is 126 Å². The van der Waals surface area contributed by atoms with Crippen LogP contribution in [0.25, 0.3) is 5.65 Å². The van der Waals surface area contributed by atoms with Crippen molar-refractivity contribution in [2.24, 2.45) is 0 Å². The Labute approximate surface area is 157 Å². The number of carboxylic acid groups (broad SMARTS) is 1. The van der Waals surface area contributed by atoms with Crippen LogP contribution in [0, 0.1) is 0 Å². The Kier molecular flexibility index (Phi) is 5.77. The van der Waals surface area contributed by atoms with Crippen molar-refractivity contribution in [1.29, 1.82) is 0 Å². The molecule has 3 N–H and O–H groups in total. The average molecular weight is 388 g/mol. The molecule has 1 aromatic carbocycles. The smallest absolute Gasteiger partial charge is 0.322 e. The summed E-state index contributed by atoms with van der Waals surface area (Å²) in [4.78, 5) is 39.1. The maximum Gasteiger partial charge on any atom is 0.322 e. The van der Waals surface area contributed by atoms with E-state index < -0.39 is 23.9 Å². The molecule has 27 heavy (non-hydrogen) atoms.